The van der Waals surface area contributed by atoms with Gasteiger partial charge in [0.05, 0.1) is 4.90 Å². The molecule has 1 N–H and O–H groups in total. The van der Waals surface area contributed by atoms with E-state index in [1.54, 1.807) is 30.3 Å². The second kappa shape index (κ2) is 5.68. The highest BCUT2D eigenvalue weighted by atomic mass is 35.5. The van der Waals surface area contributed by atoms with Crippen LogP contribution in [0, 0.1) is 0 Å². The van der Waals surface area contributed by atoms with Crippen LogP contribution in [0.25, 0.3) is 0 Å². The number of hydrogen-bond donors (Lipinski definition) is 1. The van der Waals surface area contributed by atoms with E-state index in [0.29, 0.717) is 10.6 Å². The first-order chi connectivity index (χ1) is 10.9. The lowest BCUT2D eigenvalue weighted by Gasteiger charge is -2.13. The first-order valence-corrected chi connectivity index (χ1v) is 8.43. The standard InChI is InChI=1S/C15H11ClN2O4S/c16-11-6-8-12(9-7-11)23(21,22)18-14(19)13(17-15(18)20)10-4-2-1-3-5-10/h1-9,13H,(H,17,20)/t13-/m0/s1. The van der Waals surface area contributed by atoms with Gasteiger partial charge in [-0.3, -0.25) is 4.79 Å². The zero-order chi connectivity index (χ0) is 16.6. The van der Waals surface area contributed by atoms with Gasteiger partial charge in [0.25, 0.3) is 15.9 Å². The summed E-state index contributed by atoms with van der Waals surface area (Å²) in [5.74, 6) is -0.837. The van der Waals surface area contributed by atoms with Crippen molar-refractivity contribution in [3.63, 3.8) is 0 Å². The van der Waals surface area contributed by atoms with Crippen molar-refractivity contribution >= 4 is 33.6 Å². The lowest BCUT2D eigenvalue weighted by molar-refractivity contribution is -0.124. The molecule has 1 aliphatic rings. The number of carbonyl (C=O) groups excluding carboxylic acids is 2. The number of amides is 3. The van der Waals surface area contributed by atoms with Gasteiger partial charge < -0.3 is 5.32 Å². The van der Waals surface area contributed by atoms with Crippen LogP contribution in [-0.2, 0) is 14.8 Å². The van der Waals surface area contributed by atoms with Gasteiger partial charge >= 0.3 is 6.03 Å². The average Bonchev–Trinajstić information content (AvgIpc) is 2.84. The molecule has 118 valence electrons. The molecule has 1 fully saturated rings. The van der Waals surface area contributed by atoms with Crippen LogP contribution in [-0.4, -0.2) is 24.7 Å². The maximum atomic E-state index is 12.5. The van der Waals surface area contributed by atoms with Crippen molar-refractivity contribution in [2.24, 2.45) is 0 Å². The van der Waals surface area contributed by atoms with Crippen molar-refractivity contribution in [3.05, 3.63) is 65.2 Å². The second-order valence-corrected chi connectivity index (χ2v) is 7.08. The van der Waals surface area contributed by atoms with Crippen LogP contribution in [0.2, 0.25) is 5.02 Å². The van der Waals surface area contributed by atoms with E-state index in [-0.39, 0.29) is 9.20 Å². The van der Waals surface area contributed by atoms with Crippen LogP contribution in [0.15, 0.2) is 59.5 Å². The van der Waals surface area contributed by atoms with Crippen molar-refractivity contribution in [1.29, 1.82) is 0 Å². The first-order valence-electron chi connectivity index (χ1n) is 6.61. The number of carbonyl (C=O) groups is 2. The molecule has 0 radical (unpaired) electrons. The van der Waals surface area contributed by atoms with Crippen molar-refractivity contribution in [3.8, 4) is 0 Å². The van der Waals surface area contributed by atoms with Crippen LogP contribution < -0.4 is 5.32 Å². The van der Waals surface area contributed by atoms with E-state index in [0.717, 1.165) is 0 Å². The fourth-order valence-electron chi connectivity index (χ4n) is 2.27. The summed E-state index contributed by atoms with van der Waals surface area (Å²) in [6.45, 7) is 0. The van der Waals surface area contributed by atoms with Crippen molar-refractivity contribution in [2.45, 2.75) is 10.9 Å². The predicted octanol–water partition coefficient (Wildman–Crippen LogP) is 2.32. The lowest BCUT2D eigenvalue weighted by atomic mass is 10.1. The molecule has 6 nitrogen and oxygen atoms in total. The van der Waals surface area contributed by atoms with Crippen LogP contribution >= 0.6 is 11.6 Å². The summed E-state index contributed by atoms with van der Waals surface area (Å²) >= 11 is 5.73. The molecule has 3 amide bonds. The molecule has 8 heteroatoms. The SMILES string of the molecule is O=C1N[C@@H](c2ccccc2)C(=O)N1S(=O)(=O)c1ccc(Cl)cc1. The summed E-state index contributed by atoms with van der Waals surface area (Å²) in [7, 11) is -4.28. The number of hydrogen-bond acceptors (Lipinski definition) is 4. The smallest absolute Gasteiger partial charge is 0.321 e. The molecule has 0 bridgehead atoms. The topological polar surface area (TPSA) is 83.6 Å². The monoisotopic (exact) mass is 350 g/mol. The summed E-state index contributed by atoms with van der Waals surface area (Å²) in [6.07, 6.45) is 0. The molecule has 0 unspecified atom stereocenters. The molecule has 1 aliphatic heterocycles. The molecule has 2 aromatic carbocycles. The van der Waals surface area contributed by atoms with Gasteiger partial charge in [-0.05, 0) is 29.8 Å². The van der Waals surface area contributed by atoms with Gasteiger partial charge in [0.15, 0.2) is 0 Å². The van der Waals surface area contributed by atoms with Crippen molar-refractivity contribution in [2.75, 3.05) is 0 Å². The molecule has 1 heterocycles. The highest BCUT2D eigenvalue weighted by molar-refractivity contribution is 7.90. The Morgan fingerprint density at radius 3 is 2.17 bits per heavy atom. The zero-order valence-electron chi connectivity index (χ0n) is 11.6. The summed E-state index contributed by atoms with van der Waals surface area (Å²) in [5, 5.41) is 2.74. The predicted molar refractivity (Wildman–Crippen MR) is 83.2 cm³/mol. The molecule has 2 aromatic rings. The van der Waals surface area contributed by atoms with E-state index >= 15 is 0 Å². The number of nitrogens with zero attached hydrogens (tertiary/aromatic N) is 1. The summed E-state index contributed by atoms with van der Waals surface area (Å²) in [4.78, 5) is 24.3. The molecule has 1 atom stereocenters. The lowest BCUT2D eigenvalue weighted by Crippen LogP contribution is -2.37. The number of nitrogens with one attached hydrogen (secondary N) is 1. The number of imide groups is 1. The molecular formula is C15H11ClN2O4S. The second-order valence-electron chi connectivity index (χ2n) is 4.85. The summed E-state index contributed by atoms with van der Waals surface area (Å²) in [5.41, 5.74) is 0.514. The number of halogens is 1. The summed E-state index contributed by atoms with van der Waals surface area (Å²) in [6, 6.07) is 11.7. The molecule has 1 saturated heterocycles. The maximum absolute atomic E-state index is 12.5. The van der Waals surface area contributed by atoms with E-state index in [2.05, 4.69) is 5.32 Å². The number of sulfonamides is 1. The third-order valence-corrected chi connectivity index (χ3v) is 5.33. The Bertz CT molecular complexity index is 866. The van der Waals surface area contributed by atoms with Gasteiger partial charge in [0.1, 0.15) is 6.04 Å². The third-order valence-electron chi connectivity index (χ3n) is 3.38. The van der Waals surface area contributed by atoms with E-state index in [9.17, 15) is 18.0 Å². The van der Waals surface area contributed by atoms with Crippen molar-refractivity contribution < 1.29 is 18.0 Å². The van der Waals surface area contributed by atoms with Crippen LogP contribution in [0.1, 0.15) is 11.6 Å². The zero-order valence-corrected chi connectivity index (χ0v) is 13.2. The van der Waals surface area contributed by atoms with Gasteiger partial charge in [0, 0.05) is 5.02 Å². The minimum atomic E-state index is -4.28. The van der Waals surface area contributed by atoms with E-state index < -0.39 is 28.0 Å². The van der Waals surface area contributed by atoms with E-state index in [1.165, 1.54) is 24.3 Å². The molecule has 3 rings (SSSR count). The summed E-state index contributed by atoms with van der Waals surface area (Å²) < 4.78 is 25.3. The number of urea groups is 1. The Labute approximate surface area is 137 Å². The largest absolute Gasteiger partial charge is 0.339 e. The normalized spacial score (nSPS) is 18.1. The fraction of sp³-hybridized carbons (Fsp3) is 0.0667. The Hall–Kier alpha value is -2.38. The Morgan fingerprint density at radius 2 is 1.57 bits per heavy atom. The molecule has 0 aromatic heterocycles. The van der Waals surface area contributed by atoms with Crippen LogP contribution in [0.5, 0.6) is 0 Å². The van der Waals surface area contributed by atoms with Crippen LogP contribution in [0.4, 0.5) is 4.79 Å². The molecule has 0 aliphatic carbocycles. The molecular weight excluding hydrogens is 340 g/mol. The van der Waals surface area contributed by atoms with E-state index in [4.69, 9.17) is 11.6 Å². The first kappa shape index (κ1) is 15.5. The Balaban J connectivity index is 1.98. The Morgan fingerprint density at radius 1 is 0.957 bits per heavy atom. The van der Waals surface area contributed by atoms with E-state index in [1.807, 2.05) is 0 Å². The van der Waals surface area contributed by atoms with Gasteiger partial charge in [-0.25, -0.2) is 13.2 Å². The van der Waals surface area contributed by atoms with Gasteiger partial charge in [0.2, 0.25) is 0 Å². The van der Waals surface area contributed by atoms with Gasteiger partial charge in [-0.2, -0.15) is 0 Å². The fourth-order valence-corrected chi connectivity index (χ4v) is 3.70. The number of benzene rings is 2. The third kappa shape index (κ3) is 2.69. The average molecular weight is 351 g/mol. The minimum Gasteiger partial charge on any atom is -0.321 e. The molecule has 23 heavy (non-hydrogen) atoms. The number of rotatable bonds is 3. The van der Waals surface area contributed by atoms with Crippen molar-refractivity contribution in [1.82, 2.24) is 9.62 Å². The quantitative estimate of drug-likeness (QED) is 0.861. The highest BCUT2D eigenvalue weighted by Gasteiger charge is 2.46. The Kier molecular flexibility index (Phi) is 3.83. The molecule has 0 saturated carbocycles. The minimum absolute atomic E-state index is 0.181. The highest BCUT2D eigenvalue weighted by Crippen LogP contribution is 2.27. The maximum Gasteiger partial charge on any atom is 0.339 e. The molecule has 0 spiro atoms. The van der Waals surface area contributed by atoms with Crippen LogP contribution in [0.3, 0.4) is 0 Å². The van der Waals surface area contributed by atoms with Gasteiger partial charge in [-0.15, -0.1) is 4.31 Å². The van der Waals surface area contributed by atoms with Gasteiger partial charge in [-0.1, -0.05) is 41.9 Å².